The monoisotopic (exact) mass is 667 g/mol. The molecule has 9 nitrogen and oxygen atoms in total. The van der Waals surface area contributed by atoms with Gasteiger partial charge < -0.3 is 10.1 Å². The van der Waals surface area contributed by atoms with Gasteiger partial charge in [-0.15, -0.1) is 0 Å². The number of fused-ring (bicyclic) bond motifs is 2. The Morgan fingerprint density at radius 3 is 2.33 bits per heavy atom. The Labute approximate surface area is 268 Å². The molecule has 3 atom stereocenters. The van der Waals surface area contributed by atoms with Crippen LogP contribution in [0, 0.1) is 5.92 Å². The maximum atomic E-state index is 14.0. The van der Waals surface area contributed by atoms with E-state index in [0.29, 0.717) is 15.5 Å². The average molecular weight is 668 g/mol. The molecular formula is C32H24F3N3O6S2. The number of carbonyl (C=O) groups is 4. The number of hydrogen-bond donors (Lipinski definition) is 1. The number of ether oxygens (including phenoxy) is 1. The first-order valence-corrected chi connectivity index (χ1v) is 15.7. The highest BCUT2D eigenvalue weighted by Gasteiger charge is 2.56. The lowest BCUT2D eigenvalue weighted by Crippen LogP contribution is -2.33. The van der Waals surface area contributed by atoms with Crippen molar-refractivity contribution in [3.8, 4) is 0 Å². The van der Waals surface area contributed by atoms with E-state index in [4.69, 9.17) is 4.74 Å². The number of alkyl halides is 3. The highest BCUT2D eigenvalue weighted by Crippen LogP contribution is 2.53. The van der Waals surface area contributed by atoms with Crippen molar-refractivity contribution in [2.45, 2.75) is 35.8 Å². The third-order valence-electron chi connectivity index (χ3n) is 7.62. The van der Waals surface area contributed by atoms with Crippen molar-refractivity contribution in [1.29, 1.82) is 0 Å². The van der Waals surface area contributed by atoms with Gasteiger partial charge in [-0.25, -0.2) is 9.69 Å². The van der Waals surface area contributed by atoms with E-state index in [-0.39, 0.29) is 23.5 Å². The Balaban J connectivity index is 1.34. The summed E-state index contributed by atoms with van der Waals surface area (Å²) in [5, 5.41) is 1.81. The van der Waals surface area contributed by atoms with E-state index in [1.807, 2.05) is 0 Å². The Kier molecular flexibility index (Phi) is 8.33. The number of imide groups is 1. The summed E-state index contributed by atoms with van der Waals surface area (Å²) in [5.41, 5.74) is 0.195. The van der Waals surface area contributed by atoms with Crippen LogP contribution in [-0.4, -0.2) is 40.1 Å². The smallest absolute Gasteiger partial charge is 0.416 e. The summed E-state index contributed by atoms with van der Waals surface area (Å²) < 4.78 is 45.7. The number of amides is 3. The van der Waals surface area contributed by atoms with Gasteiger partial charge in [0.25, 0.3) is 0 Å². The molecule has 1 saturated heterocycles. The molecule has 3 amide bonds. The molecule has 2 aliphatic rings. The second-order valence-electron chi connectivity index (χ2n) is 10.5. The van der Waals surface area contributed by atoms with Gasteiger partial charge in [-0.2, -0.15) is 13.2 Å². The quantitative estimate of drug-likeness (QED) is 0.203. The van der Waals surface area contributed by atoms with Crippen LogP contribution in [-0.2, 0) is 31.8 Å². The van der Waals surface area contributed by atoms with Crippen molar-refractivity contribution in [3.05, 3.63) is 110 Å². The highest BCUT2D eigenvalue weighted by atomic mass is 32.2. The van der Waals surface area contributed by atoms with Crippen molar-refractivity contribution in [1.82, 2.24) is 4.57 Å². The summed E-state index contributed by atoms with van der Waals surface area (Å²) in [6.45, 7) is 1.35. The van der Waals surface area contributed by atoms with Gasteiger partial charge in [0.15, 0.2) is 0 Å². The number of thiazole rings is 1. The number of nitrogens with zero attached hydrogens (tertiary/aromatic N) is 2. The maximum Gasteiger partial charge on any atom is 0.416 e. The summed E-state index contributed by atoms with van der Waals surface area (Å²) in [6, 6.07) is 19.0. The van der Waals surface area contributed by atoms with Gasteiger partial charge in [-0.3, -0.25) is 23.7 Å². The van der Waals surface area contributed by atoms with E-state index in [2.05, 4.69) is 5.32 Å². The molecule has 0 aliphatic carbocycles. The van der Waals surface area contributed by atoms with Gasteiger partial charge in [-0.1, -0.05) is 59.5 Å². The number of benzene rings is 3. The van der Waals surface area contributed by atoms with Crippen LogP contribution in [0.4, 0.5) is 24.5 Å². The summed E-state index contributed by atoms with van der Waals surface area (Å²) in [6.07, 6.45) is -4.61. The van der Waals surface area contributed by atoms with Crippen LogP contribution >= 0.6 is 23.1 Å². The van der Waals surface area contributed by atoms with Crippen molar-refractivity contribution in [3.63, 3.8) is 0 Å². The molecule has 0 spiro atoms. The van der Waals surface area contributed by atoms with Crippen molar-refractivity contribution >= 4 is 58.2 Å². The Hall–Kier alpha value is -4.69. The molecule has 3 heterocycles. The third kappa shape index (κ3) is 5.73. The first-order chi connectivity index (χ1) is 22.0. The number of anilines is 2. The molecule has 14 heteroatoms. The third-order valence-corrected chi connectivity index (χ3v) is 10.2. The lowest BCUT2D eigenvalue weighted by Gasteiger charge is -2.30. The van der Waals surface area contributed by atoms with Crippen LogP contribution in [0.15, 0.2) is 88.7 Å². The van der Waals surface area contributed by atoms with Crippen LogP contribution in [0.3, 0.4) is 0 Å². The standard InChI is InChI=1S/C32H24F3N3O6S2/c1-2-44-30(42)18-11-13-21(14-12-18)38-27(40)24-23(17-7-4-3-5-8-17)26-29(45-25(24)28(38)41)37(31(43)46-26)16-22(39)36-20-10-6-9-19(15-20)32(33,34)35/h3-15,23-25H,2,16H2,1H3,(H,36,39)/t23-,24?,25?/m1/s1. The van der Waals surface area contributed by atoms with Crippen LogP contribution in [0.25, 0.3) is 0 Å². The van der Waals surface area contributed by atoms with E-state index in [1.54, 1.807) is 37.3 Å². The topological polar surface area (TPSA) is 115 Å². The molecular weight excluding hydrogens is 643 g/mol. The van der Waals surface area contributed by atoms with Gasteiger partial charge in [-0.05, 0) is 55.0 Å². The first kappa shape index (κ1) is 31.3. The van der Waals surface area contributed by atoms with E-state index >= 15 is 0 Å². The summed E-state index contributed by atoms with van der Waals surface area (Å²) in [7, 11) is 0. The van der Waals surface area contributed by atoms with Crippen molar-refractivity contribution in [2.75, 3.05) is 16.8 Å². The van der Waals surface area contributed by atoms with Gasteiger partial charge in [0.2, 0.25) is 17.7 Å². The van der Waals surface area contributed by atoms with Gasteiger partial charge in [0, 0.05) is 16.5 Å². The van der Waals surface area contributed by atoms with Crippen LogP contribution < -0.4 is 15.1 Å². The first-order valence-electron chi connectivity index (χ1n) is 14.0. The van der Waals surface area contributed by atoms with Crippen LogP contribution in [0.2, 0.25) is 0 Å². The molecule has 46 heavy (non-hydrogen) atoms. The average Bonchev–Trinajstić information content (AvgIpc) is 3.47. The van der Waals surface area contributed by atoms with Gasteiger partial charge in [0.05, 0.1) is 34.4 Å². The minimum Gasteiger partial charge on any atom is -0.462 e. The molecule has 0 radical (unpaired) electrons. The van der Waals surface area contributed by atoms with E-state index in [1.165, 1.54) is 34.9 Å². The number of esters is 1. The fourth-order valence-corrected chi connectivity index (χ4v) is 8.38. The second kappa shape index (κ2) is 12.2. The molecule has 236 valence electrons. The molecule has 2 aliphatic heterocycles. The Morgan fingerprint density at radius 1 is 0.935 bits per heavy atom. The zero-order chi connectivity index (χ0) is 32.7. The number of carbonyl (C=O) groups excluding carboxylic acids is 4. The molecule has 1 N–H and O–H groups in total. The molecule has 0 bridgehead atoms. The fourth-order valence-electron chi connectivity index (χ4n) is 5.61. The summed E-state index contributed by atoms with van der Waals surface area (Å²) in [5.74, 6) is -3.83. The molecule has 3 aromatic carbocycles. The maximum absolute atomic E-state index is 14.0. The number of rotatable bonds is 7. The van der Waals surface area contributed by atoms with E-state index in [0.717, 1.165) is 46.2 Å². The van der Waals surface area contributed by atoms with E-state index < -0.39 is 63.9 Å². The zero-order valence-corrected chi connectivity index (χ0v) is 25.6. The second-order valence-corrected chi connectivity index (χ2v) is 12.6. The van der Waals surface area contributed by atoms with Crippen LogP contribution in [0.1, 0.15) is 39.2 Å². The summed E-state index contributed by atoms with van der Waals surface area (Å²) >= 11 is 1.87. The van der Waals surface area contributed by atoms with Crippen molar-refractivity contribution in [2.24, 2.45) is 5.92 Å². The highest BCUT2D eigenvalue weighted by molar-refractivity contribution is 8.00. The minimum absolute atomic E-state index is 0.0898. The van der Waals surface area contributed by atoms with Gasteiger partial charge in [0.1, 0.15) is 11.8 Å². The zero-order valence-electron chi connectivity index (χ0n) is 23.9. The number of aromatic nitrogens is 1. The predicted octanol–water partition coefficient (Wildman–Crippen LogP) is 5.54. The van der Waals surface area contributed by atoms with E-state index in [9.17, 15) is 37.1 Å². The number of nitrogens with one attached hydrogen (secondary N) is 1. The molecule has 1 fully saturated rings. The molecule has 2 unspecified atom stereocenters. The lowest BCUT2D eigenvalue weighted by atomic mass is 9.83. The molecule has 6 rings (SSSR count). The number of halogens is 3. The number of thioether (sulfide) groups is 1. The number of hydrogen-bond acceptors (Lipinski definition) is 8. The summed E-state index contributed by atoms with van der Waals surface area (Å²) in [4.78, 5) is 67.4. The lowest BCUT2D eigenvalue weighted by molar-refractivity contribution is -0.137. The van der Waals surface area contributed by atoms with Crippen LogP contribution in [0.5, 0.6) is 0 Å². The molecule has 0 saturated carbocycles. The van der Waals surface area contributed by atoms with Crippen molar-refractivity contribution < 1.29 is 37.1 Å². The Morgan fingerprint density at radius 2 is 1.65 bits per heavy atom. The Bertz CT molecular complexity index is 1910. The van der Waals surface area contributed by atoms with Gasteiger partial charge >= 0.3 is 17.0 Å². The predicted molar refractivity (Wildman–Crippen MR) is 165 cm³/mol. The fraction of sp³-hybridized carbons (Fsp3) is 0.219. The molecule has 4 aromatic rings. The largest absolute Gasteiger partial charge is 0.462 e. The SMILES string of the molecule is CCOC(=O)c1ccc(N2C(=O)C3Sc4c(sc(=O)n4CC(=O)Nc4cccc(C(F)(F)F)c4)[C@H](c4ccccc4)C3C2=O)cc1. The minimum atomic E-state index is -4.61. The molecule has 1 aromatic heterocycles. The normalized spacial score (nSPS) is 19.0.